The number of carbonyl (C=O) groups is 1. The van der Waals surface area contributed by atoms with E-state index in [1.54, 1.807) is 0 Å². The third-order valence-electron chi connectivity index (χ3n) is 4.85. The summed E-state index contributed by atoms with van der Waals surface area (Å²) < 4.78 is 13.2. The monoisotopic (exact) mass is 449 g/mol. The third kappa shape index (κ3) is 3.21. The van der Waals surface area contributed by atoms with Crippen molar-refractivity contribution in [1.82, 2.24) is 0 Å². The lowest BCUT2D eigenvalue weighted by molar-refractivity contribution is -0.105. The average molecular weight is 449 g/mol. The largest absolute Gasteiger partial charge is 0.448 e. The summed E-state index contributed by atoms with van der Waals surface area (Å²) in [4.78, 5) is 12.6. The van der Waals surface area contributed by atoms with Crippen LogP contribution in [0.5, 0.6) is 11.5 Å². The number of hydrogen-bond donors (Lipinski definition) is 1. The van der Waals surface area contributed by atoms with Crippen molar-refractivity contribution in [3.63, 3.8) is 0 Å². The summed E-state index contributed by atoms with van der Waals surface area (Å²) in [6.07, 6.45) is 5.34. The highest BCUT2D eigenvalue weighted by atomic mass is 127. The van der Waals surface area contributed by atoms with Crippen molar-refractivity contribution in [1.29, 1.82) is 0 Å². The number of nitrogens with one attached hydrogen (secondary N) is 1. The Hall–Kier alpha value is -1.76. The van der Waals surface area contributed by atoms with Gasteiger partial charge in [-0.3, -0.25) is 4.79 Å². The Morgan fingerprint density at radius 3 is 2.64 bits per heavy atom. The second-order valence-corrected chi connectivity index (χ2v) is 7.81. The first-order valence-corrected chi connectivity index (χ1v) is 9.73. The first kappa shape index (κ1) is 16.7. The number of ether oxygens (including phenoxy) is 2. The first-order chi connectivity index (χ1) is 12.1. The minimum atomic E-state index is -0.491. The highest BCUT2D eigenvalue weighted by Crippen LogP contribution is 2.46. The molecule has 1 spiro atoms. The molecule has 2 aromatic rings. The van der Waals surface area contributed by atoms with Crippen LogP contribution in [-0.4, -0.2) is 11.7 Å². The molecule has 2 aliphatic rings. The molecule has 0 saturated heterocycles. The molecule has 1 saturated carbocycles. The van der Waals surface area contributed by atoms with Crippen LogP contribution in [0.2, 0.25) is 0 Å². The topological polar surface area (TPSA) is 47.6 Å². The number of aryl methyl sites for hydroxylation is 1. The number of fused-ring (bicyclic) bond motifs is 1. The van der Waals surface area contributed by atoms with Crippen LogP contribution in [-0.2, 0) is 0 Å². The Bertz CT molecular complexity index is 828. The van der Waals surface area contributed by atoms with Crippen molar-refractivity contribution in [3.8, 4) is 11.5 Å². The predicted molar refractivity (Wildman–Crippen MR) is 105 cm³/mol. The normalized spacial score (nSPS) is 17.5. The van der Waals surface area contributed by atoms with E-state index < -0.39 is 5.79 Å². The molecule has 4 nitrogen and oxygen atoms in total. The Morgan fingerprint density at radius 2 is 1.84 bits per heavy atom. The number of halogens is 1. The van der Waals surface area contributed by atoms with Crippen LogP contribution in [0.15, 0.2) is 36.4 Å². The van der Waals surface area contributed by atoms with E-state index in [1.165, 1.54) is 6.42 Å². The Kier molecular flexibility index (Phi) is 4.35. The number of benzene rings is 2. The van der Waals surface area contributed by atoms with E-state index in [2.05, 4.69) is 27.9 Å². The van der Waals surface area contributed by atoms with Crippen LogP contribution in [0, 0.1) is 10.5 Å². The maximum absolute atomic E-state index is 12.6. The molecule has 0 aromatic heterocycles. The maximum Gasteiger partial charge on any atom is 0.256 e. The summed E-state index contributed by atoms with van der Waals surface area (Å²) in [6.45, 7) is 2.00. The smallest absolute Gasteiger partial charge is 0.256 e. The summed E-state index contributed by atoms with van der Waals surface area (Å²) in [5, 5.41) is 2.97. The molecule has 1 fully saturated rings. The lowest BCUT2D eigenvalue weighted by Gasteiger charge is -2.31. The quantitative estimate of drug-likeness (QED) is 0.635. The van der Waals surface area contributed by atoms with Gasteiger partial charge >= 0.3 is 0 Å². The fraction of sp³-hybridized carbons (Fsp3) is 0.350. The predicted octanol–water partition coefficient (Wildman–Crippen LogP) is 5.28. The molecule has 2 aromatic carbocycles. The number of amides is 1. The summed E-state index contributed by atoms with van der Waals surface area (Å²) in [7, 11) is 0. The zero-order valence-electron chi connectivity index (χ0n) is 14.1. The van der Waals surface area contributed by atoms with Gasteiger partial charge in [-0.1, -0.05) is 18.6 Å². The molecule has 25 heavy (non-hydrogen) atoms. The van der Waals surface area contributed by atoms with Crippen LogP contribution in [0.1, 0.15) is 48.0 Å². The zero-order valence-corrected chi connectivity index (χ0v) is 16.3. The maximum atomic E-state index is 12.6. The van der Waals surface area contributed by atoms with Crippen LogP contribution >= 0.6 is 22.6 Å². The second kappa shape index (κ2) is 6.52. The van der Waals surface area contributed by atoms with E-state index in [9.17, 15) is 4.79 Å². The van der Waals surface area contributed by atoms with Gasteiger partial charge in [0.25, 0.3) is 11.7 Å². The van der Waals surface area contributed by atoms with E-state index in [0.29, 0.717) is 5.56 Å². The Balaban J connectivity index is 1.53. The number of anilines is 1. The van der Waals surface area contributed by atoms with Crippen molar-refractivity contribution in [2.45, 2.75) is 44.8 Å². The van der Waals surface area contributed by atoms with Gasteiger partial charge in [-0.15, -0.1) is 0 Å². The minimum absolute atomic E-state index is 0.112. The molecule has 0 bridgehead atoms. The zero-order chi connectivity index (χ0) is 17.4. The highest BCUT2D eigenvalue weighted by Gasteiger charge is 2.42. The van der Waals surface area contributed by atoms with Crippen LogP contribution < -0.4 is 14.8 Å². The van der Waals surface area contributed by atoms with E-state index >= 15 is 0 Å². The van der Waals surface area contributed by atoms with E-state index in [1.807, 2.05) is 43.3 Å². The van der Waals surface area contributed by atoms with Crippen molar-refractivity contribution < 1.29 is 14.3 Å². The first-order valence-electron chi connectivity index (χ1n) is 8.65. The molecular formula is C20H20INO3. The van der Waals surface area contributed by atoms with Gasteiger partial charge in [-0.2, -0.15) is 0 Å². The van der Waals surface area contributed by atoms with E-state index in [0.717, 1.165) is 52.0 Å². The molecule has 130 valence electrons. The Morgan fingerprint density at radius 1 is 1.08 bits per heavy atom. The van der Waals surface area contributed by atoms with E-state index in [-0.39, 0.29) is 5.91 Å². The van der Waals surface area contributed by atoms with Gasteiger partial charge in [0.05, 0.1) is 5.56 Å². The fourth-order valence-corrected chi connectivity index (χ4v) is 4.09. The summed E-state index contributed by atoms with van der Waals surface area (Å²) in [5.41, 5.74) is 2.50. The lowest BCUT2D eigenvalue weighted by atomic mass is 9.94. The van der Waals surface area contributed by atoms with Crippen molar-refractivity contribution in [2.24, 2.45) is 0 Å². The molecule has 0 atom stereocenters. The SMILES string of the molecule is Cc1cccc(C(=O)Nc2ccc3c(c2)OC2(CCCCC2)O3)c1I. The van der Waals surface area contributed by atoms with Crippen LogP contribution in [0.4, 0.5) is 5.69 Å². The van der Waals surface area contributed by atoms with Gasteiger partial charge in [0.15, 0.2) is 11.5 Å². The average Bonchev–Trinajstić information content (AvgIpc) is 2.94. The summed E-state index contributed by atoms with van der Waals surface area (Å²) in [6, 6.07) is 11.4. The van der Waals surface area contributed by atoms with Gasteiger partial charge in [0.1, 0.15) is 0 Å². The molecule has 4 rings (SSSR count). The highest BCUT2D eigenvalue weighted by molar-refractivity contribution is 14.1. The number of hydrogen-bond acceptors (Lipinski definition) is 3. The van der Waals surface area contributed by atoms with Crippen LogP contribution in [0.25, 0.3) is 0 Å². The molecule has 1 N–H and O–H groups in total. The number of carbonyl (C=O) groups excluding carboxylic acids is 1. The molecule has 1 heterocycles. The second-order valence-electron chi connectivity index (χ2n) is 6.73. The molecular weight excluding hydrogens is 429 g/mol. The molecule has 1 aliphatic heterocycles. The number of rotatable bonds is 2. The fourth-order valence-electron chi connectivity index (χ4n) is 3.49. The standard InChI is InChI=1S/C20H20INO3/c1-13-6-5-7-15(18(13)21)19(23)22-14-8-9-16-17(12-14)25-20(24-16)10-3-2-4-11-20/h5-9,12H,2-4,10-11H2,1H3,(H,22,23). The summed E-state index contributed by atoms with van der Waals surface area (Å²) >= 11 is 2.21. The summed E-state index contributed by atoms with van der Waals surface area (Å²) in [5.74, 6) is 0.887. The van der Waals surface area contributed by atoms with E-state index in [4.69, 9.17) is 9.47 Å². The molecule has 1 amide bonds. The molecule has 5 heteroatoms. The van der Waals surface area contributed by atoms with Gasteiger partial charge in [-0.05, 0) is 66.1 Å². The minimum Gasteiger partial charge on any atom is -0.448 e. The van der Waals surface area contributed by atoms with Gasteiger partial charge < -0.3 is 14.8 Å². The Labute approximate surface area is 161 Å². The molecule has 0 radical (unpaired) electrons. The lowest BCUT2D eigenvalue weighted by Crippen LogP contribution is -2.40. The van der Waals surface area contributed by atoms with Gasteiger partial charge in [0.2, 0.25) is 0 Å². The van der Waals surface area contributed by atoms with Crippen molar-refractivity contribution in [2.75, 3.05) is 5.32 Å². The molecule has 0 unspecified atom stereocenters. The van der Waals surface area contributed by atoms with Gasteiger partial charge in [-0.25, -0.2) is 0 Å². The van der Waals surface area contributed by atoms with Gasteiger partial charge in [0, 0.05) is 28.2 Å². The van der Waals surface area contributed by atoms with Crippen LogP contribution in [0.3, 0.4) is 0 Å². The van der Waals surface area contributed by atoms with Crippen molar-refractivity contribution >= 4 is 34.2 Å². The third-order valence-corrected chi connectivity index (χ3v) is 6.28. The molecule has 1 aliphatic carbocycles. The van der Waals surface area contributed by atoms with Crippen molar-refractivity contribution in [3.05, 3.63) is 51.1 Å².